The number of nitrogens with zero attached hydrogens (tertiary/aromatic N) is 5. The summed E-state index contributed by atoms with van der Waals surface area (Å²) in [4.78, 5) is 9.04. The Hall–Kier alpha value is -5.00. The molecule has 0 N–H and O–H groups in total. The van der Waals surface area contributed by atoms with Gasteiger partial charge in [0.15, 0.2) is 11.4 Å². The largest absolute Gasteiger partial charge is 0.336 e. The van der Waals surface area contributed by atoms with Crippen molar-refractivity contribution >= 4 is 32.6 Å². The van der Waals surface area contributed by atoms with Gasteiger partial charge >= 0.3 is 0 Å². The van der Waals surface area contributed by atoms with Gasteiger partial charge in [0, 0.05) is 44.9 Å². The van der Waals surface area contributed by atoms with Gasteiger partial charge in [-0.15, -0.1) is 0 Å². The Balaban J connectivity index is 1.47. The van der Waals surface area contributed by atoms with E-state index in [1.807, 2.05) is 24.3 Å². The monoisotopic (exact) mass is 433 g/mol. The molecule has 0 aliphatic heterocycles. The van der Waals surface area contributed by atoms with Gasteiger partial charge in [0.1, 0.15) is 12.1 Å². The predicted octanol–water partition coefficient (Wildman–Crippen LogP) is 6.18. The van der Waals surface area contributed by atoms with Gasteiger partial charge in [0.25, 0.3) is 0 Å². The Kier molecular flexibility index (Phi) is 3.68. The molecule has 2 aromatic heterocycles. The third-order valence-electron chi connectivity index (χ3n) is 6.76. The summed E-state index contributed by atoms with van der Waals surface area (Å²) >= 11 is 0. The number of nitriles is 2. The zero-order chi connectivity index (χ0) is 22.8. The Labute approximate surface area is 194 Å². The average molecular weight is 433 g/mol. The summed E-state index contributed by atoms with van der Waals surface area (Å²) in [5, 5.41) is 23.6. The molecule has 6 aromatic rings. The van der Waals surface area contributed by atoms with Gasteiger partial charge in [-0.2, -0.15) is 10.5 Å². The first-order valence-corrected chi connectivity index (χ1v) is 11.0. The van der Waals surface area contributed by atoms with Crippen LogP contribution in [0.1, 0.15) is 17.0 Å². The minimum atomic E-state index is 0.0663. The Morgan fingerprint density at radius 1 is 0.618 bits per heavy atom. The van der Waals surface area contributed by atoms with Gasteiger partial charge in [-0.25, -0.2) is 9.97 Å². The predicted molar refractivity (Wildman–Crippen MR) is 132 cm³/mol. The van der Waals surface area contributed by atoms with Crippen LogP contribution in [0.25, 0.3) is 55.1 Å². The molecule has 0 saturated carbocycles. The molecule has 2 heterocycles. The molecule has 0 bridgehead atoms. The van der Waals surface area contributed by atoms with Crippen molar-refractivity contribution in [1.29, 1.82) is 10.5 Å². The Bertz CT molecular complexity index is 1810. The van der Waals surface area contributed by atoms with Crippen LogP contribution in [0.4, 0.5) is 0 Å². The van der Waals surface area contributed by atoms with E-state index in [0.717, 1.165) is 28.4 Å². The van der Waals surface area contributed by atoms with Crippen LogP contribution in [-0.2, 0) is 6.54 Å². The van der Waals surface area contributed by atoms with Crippen molar-refractivity contribution in [3.63, 3.8) is 0 Å². The molecule has 1 aliphatic rings. The molecule has 5 heteroatoms. The summed E-state index contributed by atoms with van der Waals surface area (Å²) in [7, 11) is 0. The molecule has 1 aliphatic carbocycles. The lowest BCUT2D eigenvalue weighted by atomic mass is 9.99. The number of aromatic nitrogens is 3. The molecular weight excluding hydrogens is 418 g/mol. The number of fused-ring (bicyclic) bond motifs is 6. The average Bonchev–Trinajstić information content (AvgIpc) is 3.38. The second kappa shape index (κ2) is 6.75. The van der Waals surface area contributed by atoms with E-state index < -0.39 is 0 Å². The second-order valence-electron chi connectivity index (χ2n) is 8.46. The fourth-order valence-electron chi connectivity index (χ4n) is 5.31. The number of benzene rings is 4. The fraction of sp³-hybridized carbons (Fsp3) is 0.0345. The summed E-state index contributed by atoms with van der Waals surface area (Å²) in [6.07, 6.45) is 0. The molecule has 0 amide bonds. The van der Waals surface area contributed by atoms with Crippen molar-refractivity contribution in [3.05, 3.63) is 95.8 Å². The van der Waals surface area contributed by atoms with E-state index in [2.05, 4.69) is 81.3 Å². The van der Waals surface area contributed by atoms with Gasteiger partial charge in [-0.3, -0.25) is 0 Å². The van der Waals surface area contributed by atoms with E-state index in [1.165, 1.54) is 27.4 Å². The van der Waals surface area contributed by atoms with Crippen LogP contribution < -0.4 is 0 Å². The number of para-hydroxylation sites is 2. The lowest BCUT2D eigenvalue weighted by Gasteiger charge is -2.12. The van der Waals surface area contributed by atoms with Crippen molar-refractivity contribution in [2.75, 3.05) is 0 Å². The minimum absolute atomic E-state index is 0.0663. The first kappa shape index (κ1) is 18.6. The highest BCUT2D eigenvalue weighted by Crippen LogP contribution is 2.46. The van der Waals surface area contributed by atoms with Crippen LogP contribution in [0.15, 0.2) is 78.9 Å². The summed E-state index contributed by atoms with van der Waals surface area (Å²) in [5.41, 5.74) is 7.00. The number of hydrogen-bond acceptors (Lipinski definition) is 4. The van der Waals surface area contributed by atoms with Crippen molar-refractivity contribution in [1.82, 2.24) is 14.5 Å². The molecule has 0 fully saturated rings. The van der Waals surface area contributed by atoms with Crippen molar-refractivity contribution in [2.24, 2.45) is 0 Å². The zero-order valence-corrected chi connectivity index (χ0v) is 17.9. The topological polar surface area (TPSA) is 78.3 Å². The first-order valence-electron chi connectivity index (χ1n) is 11.0. The molecule has 156 valence electrons. The molecule has 4 aromatic carbocycles. The highest BCUT2D eigenvalue weighted by Gasteiger charge is 2.27. The molecule has 0 atom stereocenters. The number of hydrogen-bond donors (Lipinski definition) is 0. The van der Waals surface area contributed by atoms with Crippen LogP contribution in [0.5, 0.6) is 0 Å². The van der Waals surface area contributed by atoms with Crippen LogP contribution in [0.2, 0.25) is 0 Å². The van der Waals surface area contributed by atoms with Crippen LogP contribution >= 0.6 is 0 Å². The maximum absolute atomic E-state index is 9.45. The van der Waals surface area contributed by atoms with E-state index >= 15 is 0 Å². The third kappa shape index (κ3) is 2.36. The minimum Gasteiger partial charge on any atom is -0.336 e. The Morgan fingerprint density at radius 3 is 1.79 bits per heavy atom. The van der Waals surface area contributed by atoms with Crippen molar-refractivity contribution in [2.45, 2.75) is 6.54 Å². The van der Waals surface area contributed by atoms with Gasteiger partial charge < -0.3 is 4.57 Å². The molecule has 34 heavy (non-hydrogen) atoms. The van der Waals surface area contributed by atoms with E-state index in [9.17, 15) is 10.5 Å². The van der Waals surface area contributed by atoms with E-state index in [1.54, 1.807) is 0 Å². The highest BCUT2D eigenvalue weighted by molar-refractivity contribution is 6.14. The van der Waals surface area contributed by atoms with Crippen molar-refractivity contribution in [3.8, 4) is 34.7 Å². The summed E-state index contributed by atoms with van der Waals surface area (Å²) < 4.78 is 2.37. The summed E-state index contributed by atoms with van der Waals surface area (Å²) in [6.45, 7) is 0.721. The fourth-order valence-corrected chi connectivity index (χ4v) is 5.31. The van der Waals surface area contributed by atoms with Crippen LogP contribution in [0.3, 0.4) is 0 Å². The van der Waals surface area contributed by atoms with Gasteiger partial charge in [0.2, 0.25) is 0 Å². The lowest BCUT2D eigenvalue weighted by Crippen LogP contribution is -2.00. The summed E-state index contributed by atoms with van der Waals surface area (Å²) in [5.74, 6) is 0. The number of rotatable bonds is 2. The lowest BCUT2D eigenvalue weighted by molar-refractivity contribution is 0.876. The maximum atomic E-state index is 9.45. The molecule has 0 radical (unpaired) electrons. The zero-order valence-electron chi connectivity index (χ0n) is 17.9. The molecule has 0 spiro atoms. The Morgan fingerprint density at radius 2 is 1.18 bits per heavy atom. The standard InChI is InChI=1S/C29H15N5/c30-14-23-24(15-31)33-29-22-13-12-17(18-8-5-9-21(27(18)22)28(29)32-23)16-34-25-10-3-1-6-19(25)20-7-2-4-11-26(20)34/h1-13H,16H2. The molecule has 0 saturated heterocycles. The van der Waals surface area contributed by atoms with E-state index in [-0.39, 0.29) is 11.4 Å². The third-order valence-corrected chi connectivity index (χ3v) is 6.76. The van der Waals surface area contributed by atoms with Gasteiger partial charge in [-0.1, -0.05) is 66.7 Å². The first-order chi connectivity index (χ1) is 16.8. The second-order valence-corrected chi connectivity index (χ2v) is 8.46. The maximum Gasteiger partial charge on any atom is 0.177 e. The SMILES string of the molecule is N#Cc1nc2c(nc1C#N)-c1ccc(Cn3c4ccccc4c4ccccc43)c3cccc-2c13. The van der Waals surface area contributed by atoms with Crippen LogP contribution in [-0.4, -0.2) is 14.5 Å². The molecule has 7 rings (SSSR count). The smallest absolute Gasteiger partial charge is 0.177 e. The highest BCUT2D eigenvalue weighted by atomic mass is 15.0. The molecule has 5 nitrogen and oxygen atoms in total. The van der Waals surface area contributed by atoms with E-state index in [4.69, 9.17) is 0 Å². The molecule has 0 unspecified atom stereocenters. The van der Waals surface area contributed by atoms with Gasteiger partial charge in [0.05, 0.1) is 11.4 Å². The summed E-state index contributed by atoms with van der Waals surface area (Å²) in [6, 6.07) is 31.4. The quantitative estimate of drug-likeness (QED) is 0.326. The molecular formula is C29H15N5. The normalized spacial score (nSPS) is 11.6. The van der Waals surface area contributed by atoms with Gasteiger partial charge in [-0.05, 0) is 23.1 Å². The van der Waals surface area contributed by atoms with Crippen molar-refractivity contribution < 1.29 is 0 Å². The van der Waals surface area contributed by atoms with Crippen LogP contribution in [0, 0.1) is 22.7 Å². The van der Waals surface area contributed by atoms with E-state index in [0.29, 0.717) is 11.4 Å².